The first-order chi connectivity index (χ1) is 14.4. The summed E-state index contributed by atoms with van der Waals surface area (Å²) in [6.45, 7) is 5.80. The van der Waals surface area contributed by atoms with Gasteiger partial charge in [0.05, 0.1) is 17.9 Å². The molecule has 3 aromatic heterocycles. The summed E-state index contributed by atoms with van der Waals surface area (Å²) < 4.78 is 15.6. The minimum absolute atomic E-state index is 0.149. The molecule has 1 atom stereocenters. The van der Waals surface area contributed by atoms with Gasteiger partial charge in [-0.15, -0.1) is 0 Å². The van der Waals surface area contributed by atoms with Crippen molar-refractivity contribution in [1.82, 2.24) is 29.6 Å². The van der Waals surface area contributed by atoms with Crippen molar-refractivity contribution in [3.05, 3.63) is 46.8 Å². The van der Waals surface area contributed by atoms with Gasteiger partial charge in [-0.05, 0) is 19.1 Å². The Kier molecular flexibility index (Phi) is 5.81. The Morgan fingerprint density at radius 1 is 1.23 bits per heavy atom. The van der Waals surface area contributed by atoms with Gasteiger partial charge in [0.1, 0.15) is 17.2 Å². The molecule has 10 nitrogen and oxygen atoms in total. The van der Waals surface area contributed by atoms with Gasteiger partial charge in [-0.3, -0.25) is 4.79 Å². The molecule has 0 aliphatic heterocycles. The number of aromatic amines is 1. The molecule has 0 spiro atoms. The second-order valence-corrected chi connectivity index (χ2v) is 6.42. The summed E-state index contributed by atoms with van der Waals surface area (Å²) in [4.78, 5) is 32.7. The van der Waals surface area contributed by atoms with Crippen LogP contribution in [0.5, 0.6) is 5.75 Å². The molecule has 0 bridgehead atoms. The number of aromatic nitrogens is 6. The van der Waals surface area contributed by atoms with E-state index in [1.54, 1.807) is 21.0 Å². The zero-order valence-corrected chi connectivity index (χ0v) is 17.3. The maximum Gasteiger partial charge on any atom is 0.283 e. The number of nitrogens with one attached hydrogen (secondary N) is 2. The van der Waals surface area contributed by atoms with Crippen molar-refractivity contribution in [2.24, 2.45) is 0 Å². The maximum atomic E-state index is 14.4. The summed E-state index contributed by atoms with van der Waals surface area (Å²) in [6.07, 6.45) is 2.89. The Morgan fingerprint density at radius 2 is 1.97 bits per heavy atom. The topological polar surface area (TPSA) is 125 Å². The number of fused-ring (bicyclic) bond motifs is 2. The lowest BCUT2D eigenvalue weighted by Gasteiger charge is -2.24. The molecule has 1 unspecified atom stereocenters. The normalized spacial score (nSPS) is 11.8. The molecule has 0 amide bonds. The average Bonchev–Trinajstić information content (AvgIpc) is 3.21. The number of halogens is 1. The fourth-order valence-corrected chi connectivity index (χ4v) is 3.04. The minimum atomic E-state index is -0.993. The van der Waals surface area contributed by atoms with Crippen molar-refractivity contribution in [1.29, 1.82) is 0 Å². The molecule has 0 saturated heterocycles. The molecular weight excluding hydrogens is 391 g/mol. The van der Waals surface area contributed by atoms with Crippen LogP contribution in [0.4, 0.5) is 10.2 Å². The lowest BCUT2D eigenvalue weighted by atomic mass is 10.2. The molecule has 0 radical (unpaired) electrons. The van der Waals surface area contributed by atoms with E-state index in [1.165, 1.54) is 34.5 Å². The van der Waals surface area contributed by atoms with Crippen molar-refractivity contribution in [2.45, 2.75) is 26.8 Å². The largest absolute Gasteiger partial charge is 0.505 e. The summed E-state index contributed by atoms with van der Waals surface area (Å²) in [7, 11) is 3.28. The minimum Gasteiger partial charge on any atom is -0.505 e. The lowest BCUT2D eigenvalue weighted by molar-refractivity contribution is 0.435. The van der Waals surface area contributed by atoms with E-state index in [4.69, 9.17) is 0 Å². The van der Waals surface area contributed by atoms with E-state index in [2.05, 4.69) is 30.2 Å². The number of phenolic OH excluding ortho intramolecular Hbond substituents is 1. The van der Waals surface area contributed by atoms with Crippen molar-refractivity contribution in [2.75, 3.05) is 24.4 Å². The van der Waals surface area contributed by atoms with Crippen LogP contribution in [0.2, 0.25) is 0 Å². The first-order valence-electron chi connectivity index (χ1n) is 9.41. The number of anilines is 1. The molecule has 3 heterocycles. The van der Waals surface area contributed by atoms with Gasteiger partial charge in [0.15, 0.2) is 28.9 Å². The SMILES string of the molecule is CC.CC(Nc1ncnc2nc[nH]c12)c1nc2ccc(O)c(F)c2c(=O)n1N(C)C. The van der Waals surface area contributed by atoms with Gasteiger partial charge in [-0.25, -0.2) is 29.0 Å². The molecule has 4 aromatic rings. The number of H-pyrrole nitrogens is 1. The highest BCUT2D eigenvalue weighted by molar-refractivity contribution is 5.82. The van der Waals surface area contributed by atoms with E-state index in [9.17, 15) is 14.3 Å². The molecule has 0 aliphatic carbocycles. The Hall–Kier alpha value is -3.76. The maximum absolute atomic E-state index is 14.4. The number of aromatic hydroxyl groups is 1. The third-order valence-electron chi connectivity index (χ3n) is 4.32. The van der Waals surface area contributed by atoms with Gasteiger partial charge >= 0.3 is 0 Å². The van der Waals surface area contributed by atoms with Crippen molar-refractivity contribution >= 4 is 27.9 Å². The first-order valence-corrected chi connectivity index (χ1v) is 9.41. The Bertz CT molecular complexity index is 1250. The van der Waals surface area contributed by atoms with E-state index in [1.807, 2.05) is 13.8 Å². The van der Waals surface area contributed by atoms with Gasteiger partial charge in [-0.1, -0.05) is 13.8 Å². The number of phenols is 1. The Labute approximate surface area is 171 Å². The van der Waals surface area contributed by atoms with E-state index < -0.39 is 23.2 Å². The number of rotatable bonds is 4. The first kappa shape index (κ1) is 21.0. The highest BCUT2D eigenvalue weighted by Gasteiger charge is 2.22. The highest BCUT2D eigenvalue weighted by atomic mass is 19.1. The quantitative estimate of drug-likeness (QED) is 0.465. The monoisotopic (exact) mass is 414 g/mol. The molecule has 0 fully saturated rings. The third kappa shape index (κ3) is 3.49. The lowest BCUT2D eigenvalue weighted by Crippen LogP contribution is -2.40. The molecule has 0 aliphatic rings. The number of benzene rings is 1. The Balaban J connectivity index is 0.00000124. The summed E-state index contributed by atoms with van der Waals surface area (Å²) in [6, 6.07) is 2.10. The van der Waals surface area contributed by atoms with Gasteiger partial charge in [0.25, 0.3) is 5.56 Å². The number of hydrogen-bond donors (Lipinski definition) is 3. The van der Waals surface area contributed by atoms with Crippen LogP contribution in [-0.4, -0.2) is 48.8 Å². The van der Waals surface area contributed by atoms with Crippen LogP contribution in [0.1, 0.15) is 32.6 Å². The number of imidazole rings is 1. The zero-order chi connectivity index (χ0) is 22.0. The van der Waals surface area contributed by atoms with E-state index in [-0.39, 0.29) is 10.9 Å². The molecule has 11 heteroatoms. The van der Waals surface area contributed by atoms with Gasteiger partial charge < -0.3 is 20.4 Å². The van der Waals surface area contributed by atoms with E-state index in [0.717, 1.165) is 0 Å². The summed E-state index contributed by atoms with van der Waals surface area (Å²) in [5, 5.41) is 14.0. The third-order valence-corrected chi connectivity index (χ3v) is 4.32. The molecule has 0 saturated carbocycles. The van der Waals surface area contributed by atoms with Crippen LogP contribution in [0.15, 0.2) is 29.6 Å². The second-order valence-electron chi connectivity index (χ2n) is 6.42. The molecular formula is C19H23FN8O2. The summed E-state index contributed by atoms with van der Waals surface area (Å²) in [5.74, 6) is -0.753. The highest BCUT2D eigenvalue weighted by Crippen LogP contribution is 2.25. The fourth-order valence-electron chi connectivity index (χ4n) is 3.04. The predicted molar refractivity (Wildman–Crippen MR) is 113 cm³/mol. The summed E-state index contributed by atoms with van der Waals surface area (Å²) >= 11 is 0. The standard InChI is InChI=1S/C17H17FN8O2.C2H6/c1-8(23-15-13-14(20-6-19-13)21-7-22-15)16-24-9-4-5-10(27)12(18)11(9)17(28)26(16)25(2)3;1-2/h4-8,27H,1-3H3,(H2,19,20,21,22,23);1-2H3. The van der Waals surface area contributed by atoms with Crippen LogP contribution < -0.4 is 15.9 Å². The zero-order valence-electron chi connectivity index (χ0n) is 17.3. The summed E-state index contributed by atoms with van der Waals surface area (Å²) in [5.41, 5.74) is 0.640. The number of nitrogens with zero attached hydrogens (tertiary/aromatic N) is 6. The van der Waals surface area contributed by atoms with Crippen molar-refractivity contribution in [3.63, 3.8) is 0 Å². The molecule has 3 N–H and O–H groups in total. The fraction of sp³-hybridized carbons (Fsp3) is 0.316. The van der Waals surface area contributed by atoms with Gasteiger partial charge in [-0.2, -0.15) is 0 Å². The Morgan fingerprint density at radius 3 is 2.67 bits per heavy atom. The van der Waals surface area contributed by atoms with Crippen LogP contribution in [0, 0.1) is 5.82 Å². The van der Waals surface area contributed by atoms with Gasteiger partial charge in [0.2, 0.25) is 0 Å². The molecule has 1 aromatic carbocycles. The number of hydrogen-bond acceptors (Lipinski definition) is 8. The second kappa shape index (κ2) is 8.31. The van der Waals surface area contributed by atoms with E-state index >= 15 is 0 Å². The molecule has 158 valence electrons. The molecule has 4 rings (SSSR count). The van der Waals surface area contributed by atoms with Gasteiger partial charge in [0, 0.05) is 14.1 Å². The molecule has 30 heavy (non-hydrogen) atoms. The van der Waals surface area contributed by atoms with Crippen LogP contribution in [0.3, 0.4) is 0 Å². The predicted octanol–water partition coefficient (Wildman–Crippen LogP) is 2.30. The van der Waals surface area contributed by atoms with Crippen LogP contribution in [-0.2, 0) is 0 Å². The van der Waals surface area contributed by atoms with Crippen LogP contribution >= 0.6 is 0 Å². The smallest absolute Gasteiger partial charge is 0.283 e. The van der Waals surface area contributed by atoms with Crippen molar-refractivity contribution < 1.29 is 9.50 Å². The van der Waals surface area contributed by atoms with Crippen molar-refractivity contribution in [3.8, 4) is 5.75 Å². The van der Waals surface area contributed by atoms with E-state index in [0.29, 0.717) is 22.8 Å². The average molecular weight is 414 g/mol. The van der Waals surface area contributed by atoms with Crippen LogP contribution in [0.25, 0.3) is 22.1 Å².